The van der Waals surface area contributed by atoms with Crippen molar-refractivity contribution in [3.63, 3.8) is 0 Å². The van der Waals surface area contributed by atoms with Crippen LogP contribution in [0.15, 0.2) is 47.4 Å². The maximum Gasteiger partial charge on any atom is 0.255 e. The van der Waals surface area contributed by atoms with Crippen molar-refractivity contribution in [3.8, 4) is 11.3 Å². The van der Waals surface area contributed by atoms with E-state index >= 15 is 0 Å². The van der Waals surface area contributed by atoms with Gasteiger partial charge in [-0.1, -0.05) is 49.7 Å². The molecule has 1 aliphatic heterocycles. The number of rotatable bonds is 4. The second-order valence-corrected chi connectivity index (χ2v) is 7.93. The first-order valence-corrected chi connectivity index (χ1v) is 9.93. The van der Waals surface area contributed by atoms with Crippen LogP contribution in [0.1, 0.15) is 42.4 Å². The third kappa shape index (κ3) is 3.86. The van der Waals surface area contributed by atoms with Gasteiger partial charge in [-0.3, -0.25) is 14.7 Å². The minimum atomic E-state index is -0.00871. The number of halogens is 1. The highest BCUT2D eigenvalue weighted by Crippen LogP contribution is 2.26. The zero-order valence-corrected chi connectivity index (χ0v) is 16.8. The number of fused-ring (bicyclic) bond motifs is 1. The highest BCUT2D eigenvalue weighted by Gasteiger charge is 2.22. The maximum absolute atomic E-state index is 12.5. The smallest absolute Gasteiger partial charge is 0.255 e. The van der Waals surface area contributed by atoms with E-state index < -0.39 is 0 Å². The van der Waals surface area contributed by atoms with Gasteiger partial charge in [-0.05, 0) is 17.7 Å². The lowest BCUT2D eigenvalue weighted by Gasteiger charge is -2.28. The summed E-state index contributed by atoms with van der Waals surface area (Å²) in [4.78, 5) is 26.9. The second-order valence-electron chi connectivity index (χ2n) is 7.52. The van der Waals surface area contributed by atoms with Crippen LogP contribution in [0.5, 0.6) is 0 Å². The molecule has 0 atom stereocenters. The molecule has 3 aromatic rings. The van der Waals surface area contributed by atoms with Gasteiger partial charge < -0.3 is 4.98 Å². The van der Waals surface area contributed by atoms with Crippen molar-refractivity contribution in [1.29, 1.82) is 0 Å². The molecular weight excluding hydrogens is 372 g/mol. The van der Waals surface area contributed by atoms with E-state index in [1.54, 1.807) is 0 Å². The topological polar surface area (TPSA) is 61.9 Å². The molecule has 0 saturated carbocycles. The number of hydrogen-bond acceptors (Lipinski definition) is 4. The molecule has 2 aromatic heterocycles. The van der Waals surface area contributed by atoms with Crippen molar-refractivity contribution in [2.75, 3.05) is 6.54 Å². The average molecular weight is 395 g/mol. The second kappa shape index (κ2) is 7.86. The molecule has 0 unspecified atom stereocenters. The third-order valence-electron chi connectivity index (χ3n) is 5.09. The molecule has 0 amide bonds. The Hall–Kier alpha value is -2.50. The van der Waals surface area contributed by atoms with E-state index in [0.717, 1.165) is 53.4 Å². The Bertz CT molecular complexity index is 1040. The van der Waals surface area contributed by atoms with E-state index in [1.165, 1.54) is 0 Å². The van der Waals surface area contributed by atoms with Gasteiger partial charge in [-0.2, -0.15) is 0 Å². The Morgan fingerprint density at radius 1 is 1.21 bits per heavy atom. The largest absolute Gasteiger partial charge is 0.310 e. The number of aromatic nitrogens is 3. The predicted octanol–water partition coefficient (Wildman–Crippen LogP) is 4.17. The van der Waals surface area contributed by atoms with E-state index in [4.69, 9.17) is 11.6 Å². The fourth-order valence-electron chi connectivity index (χ4n) is 3.51. The summed E-state index contributed by atoms with van der Waals surface area (Å²) < 4.78 is 0. The third-order valence-corrected chi connectivity index (χ3v) is 5.42. The Morgan fingerprint density at radius 2 is 2.04 bits per heavy atom. The SMILES string of the molecule is CC(C)c1nc2c(c(=O)[nH]1)CN(Cc1ccc(-c3ccccc3Cl)nc1)CC2. The molecule has 0 radical (unpaired) electrons. The molecule has 0 aliphatic carbocycles. The normalized spacial score (nSPS) is 14.3. The maximum atomic E-state index is 12.5. The molecule has 0 bridgehead atoms. The van der Waals surface area contributed by atoms with Crippen LogP contribution in [0.3, 0.4) is 0 Å². The Kier molecular flexibility index (Phi) is 5.29. The van der Waals surface area contributed by atoms with Gasteiger partial charge in [0.25, 0.3) is 5.56 Å². The summed E-state index contributed by atoms with van der Waals surface area (Å²) in [7, 11) is 0. The van der Waals surface area contributed by atoms with Gasteiger partial charge in [0.15, 0.2) is 0 Å². The van der Waals surface area contributed by atoms with Crippen LogP contribution in [0.4, 0.5) is 0 Å². The Labute approximate surface area is 169 Å². The quantitative estimate of drug-likeness (QED) is 0.721. The zero-order chi connectivity index (χ0) is 19.7. The van der Waals surface area contributed by atoms with Gasteiger partial charge in [0, 0.05) is 48.8 Å². The van der Waals surface area contributed by atoms with Crippen molar-refractivity contribution in [2.45, 2.75) is 39.3 Å². The first-order valence-electron chi connectivity index (χ1n) is 9.55. The van der Waals surface area contributed by atoms with Crippen LogP contribution in [0.2, 0.25) is 5.02 Å². The lowest BCUT2D eigenvalue weighted by molar-refractivity contribution is 0.241. The molecule has 0 spiro atoms. The number of benzene rings is 1. The number of hydrogen-bond donors (Lipinski definition) is 1. The van der Waals surface area contributed by atoms with E-state index in [9.17, 15) is 4.79 Å². The molecule has 1 N–H and O–H groups in total. The highest BCUT2D eigenvalue weighted by atomic mass is 35.5. The Balaban J connectivity index is 1.49. The van der Waals surface area contributed by atoms with Crippen LogP contribution in [0.25, 0.3) is 11.3 Å². The van der Waals surface area contributed by atoms with Crippen LogP contribution in [-0.4, -0.2) is 26.4 Å². The first-order chi connectivity index (χ1) is 13.5. The number of H-pyrrole nitrogens is 1. The average Bonchev–Trinajstić information content (AvgIpc) is 2.69. The monoisotopic (exact) mass is 394 g/mol. The standard InChI is InChI=1S/C22H23ClN4O/c1-14(2)21-25-20-9-10-27(13-17(20)22(28)26-21)12-15-7-8-19(24-11-15)16-5-3-4-6-18(16)23/h3-8,11,14H,9-10,12-13H2,1-2H3,(H,25,26,28). The summed E-state index contributed by atoms with van der Waals surface area (Å²) in [5.74, 6) is 0.996. The first kappa shape index (κ1) is 18.8. The van der Waals surface area contributed by atoms with E-state index in [1.807, 2.05) is 50.4 Å². The molecule has 6 heteroatoms. The molecule has 3 heterocycles. The van der Waals surface area contributed by atoms with Crippen molar-refractivity contribution in [1.82, 2.24) is 19.9 Å². The number of aromatic amines is 1. The van der Waals surface area contributed by atoms with Gasteiger partial charge in [0.05, 0.1) is 17.0 Å². The zero-order valence-electron chi connectivity index (χ0n) is 16.1. The fraction of sp³-hybridized carbons (Fsp3) is 0.318. The molecule has 4 rings (SSSR count). The molecule has 144 valence electrons. The Morgan fingerprint density at radius 3 is 2.75 bits per heavy atom. The van der Waals surface area contributed by atoms with E-state index in [0.29, 0.717) is 11.6 Å². The highest BCUT2D eigenvalue weighted by molar-refractivity contribution is 6.33. The molecule has 0 fully saturated rings. The molecular formula is C22H23ClN4O. The molecule has 5 nitrogen and oxygen atoms in total. The van der Waals surface area contributed by atoms with Gasteiger partial charge in [-0.25, -0.2) is 4.98 Å². The molecule has 1 aliphatic rings. The molecule has 28 heavy (non-hydrogen) atoms. The fourth-order valence-corrected chi connectivity index (χ4v) is 3.75. The molecule has 0 saturated heterocycles. The van der Waals surface area contributed by atoms with Crippen molar-refractivity contribution < 1.29 is 0 Å². The minimum Gasteiger partial charge on any atom is -0.310 e. The van der Waals surface area contributed by atoms with Crippen molar-refractivity contribution >= 4 is 11.6 Å². The van der Waals surface area contributed by atoms with E-state index in [2.05, 4.69) is 25.9 Å². The van der Waals surface area contributed by atoms with Gasteiger partial charge in [-0.15, -0.1) is 0 Å². The number of nitrogens with one attached hydrogen (secondary N) is 1. The number of nitrogens with zero attached hydrogens (tertiary/aromatic N) is 3. The van der Waals surface area contributed by atoms with Crippen LogP contribution in [0, 0.1) is 0 Å². The lowest BCUT2D eigenvalue weighted by Crippen LogP contribution is -2.36. The van der Waals surface area contributed by atoms with Crippen LogP contribution >= 0.6 is 11.6 Å². The van der Waals surface area contributed by atoms with Gasteiger partial charge in [0.2, 0.25) is 0 Å². The lowest BCUT2D eigenvalue weighted by atomic mass is 10.0. The summed E-state index contributed by atoms with van der Waals surface area (Å²) in [6.07, 6.45) is 2.68. The van der Waals surface area contributed by atoms with Crippen molar-refractivity contribution in [2.24, 2.45) is 0 Å². The minimum absolute atomic E-state index is 0.00871. The van der Waals surface area contributed by atoms with Crippen LogP contribution < -0.4 is 5.56 Å². The summed E-state index contributed by atoms with van der Waals surface area (Å²) in [5, 5.41) is 0.697. The van der Waals surface area contributed by atoms with Crippen LogP contribution in [-0.2, 0) is 19.5 Å². The van der Waals surface area contributed by atoms with Gasteiger partial charge in [0.1, 0.15) is 5.82 Å². The number of pyridine rings is 1. The predicted molar refractivity (Wildman–Crippen MR) is 111 cm³/mol. The van der Waals surface area contributed by atoms with Crippen molar-refractivity contribution in [3.05, 3.63) is 80.6 Å². The molecule has 1 aromatic carbocycles. The summed E-state index contributed by atoms with van der Waals surface area (Å²) >= 11 is 6.26. The summed E-state index contributed by atoms with van der Waals surface area (Å²) in [5.41, 5.74) is 4.63. The summed E-state index contributed by atoms with van der Waals surface area (Å²) in [6.45, 7) is 6.33. The summed E-state index contributed by atoms with van der Waals surface area (Å²) in [6, 6.07) is 11.8. The van der Waals surface area contributed by atoms with E-state index in [-0.39, 0.29) is 11.5 Å². The van der Waals surface area contributed by atoms with Gasteiger partial charge >= 0.3 is 0 Å².